The number of ether oxygens (including phenoxy) is 2. The van der Waals surface area contributed by atoms with Crippen LogP contribution < -0.4 is 0 Å². The van der Waals surface area contributed by atoms with Gasteiger partial charge in [-0.15, -0.1) is 0 Å². The zero-order valence-corrected chi connectivity index (χ0v) is 24.4. The first-order valence-corrected chi connectivity index (χ1v) is 14.9. The van der Waals surface area contributed by atoms with Crippen molar-refractivity contribution >= 4 is 108 Å². The van der Waals surface area contributed by atoms with Crippen LogP contribution in [0, 0.1) is 10.8 Å². The summed E-state index contributed by atoms with van der Waals surface area (Å²) >= 11 is 20.8. The fraction of sp³-hybridized carbons (Fsp3) is 0.556. The molecule has 4 nitrogen and oxygen atoms in total. The molecule has 0 aliphatic carbocycles. The van der Waals surface area contributed by atoms with Crippen molar-refractivity contribution < 1.29 is 19.1 Å². The third-order valence-electron chi connectivity index (χ3n) is 4.09. The van der Waals surface area contributed by atoms with Crippen molar-refractivity contribution in [2.45, 2.75) is 0 Å². The minimum Gasteiger partial charge on any atom is -0.461 e. The van der Waals surface area contributed by atoms with Crippen LogP contribution in [-0.4, -0.2) is 57.1 Å². The Labute approximate surface area is 216 Å². The van der Waals surface area contributed by atoms with E-state index in [1.807, 2.05) is 0 Å². The fourth-order valence-corrected chi connectivity index (χ4v) is 8.42. The Morgan fingerprint density at radius 3 is 1.18 bits per heavy atom. The van der Waals surface area contributed by atoms with E-state index in [-0.39, 0.29) is 35.2 Å². The van der Waals surface area contributed by atoms with Gasteiger partial charge < -0.3 is 9.47 Å². The van der Waals surface area contributed by atoms with Crippen LogP contribution in [0.2, 0.25) is 0 Å². The van der Waals surface area contributed by atoms with Gasteiger partial charge in [0.05, 0.1) is 24.3 Å². The molecule has 1 aromatic carbocycles. The van der Waals surface area contributed by atoms with E-state index in [4.69, 9.17) is 9.47 Å². The molecule has 0 fully saturated rings. The largest absolute Gasteiger partial charge is 0.461 e. The molecule has 0 saturated carbocycles. The number of halogens is 6. The Morgan fingerprint density at radius 2 is 0.929 bits per heavy atom. The Morgan fingerprint density at radius 1 is 0.643 bits per heavy atom. The molecule has 0 radical (unpaired) electrons. The highest BCUT2D eigenvalue weighted by atomic mass is 79.9. The molecule has 0 unspecified atom stereocenters. The quantitative estimate of drug-likeness (QED) is 0.184. The van der Waals surface area contributed by atoms with Crippen molar-refractivity contribution in [3.63, 3.8) is 0 Å². The molecule has 0 aliphatic rings. The van der Waals surface area contributed by atoms with E-state index in [9.17, 15) is 9.59 Å². The Kier molecular flexibility index (Phi) is 13.0. The topological polar surface area (TPSA) is 52.6 Å². The molecule has 0 N–H and O–H groups in total. The van der Waals surface area contributed by atoms with E-state index in [0.29, 0.717) is 32.0 Å². The van der Waals surface area contributed by atoms with Gasteiger partial charge in [-0.25, -0.2) is 9.59 Å². The number of carbonyl (C=O) groups excluding carboxylic acids is 2. The van der Waals surface area contributed by atoms with Gasteiger partial charge >= 0.3 is 11.9 Å². The van der Waals surface area contributed by atoms with Crippen molar-refractivity contribution in [1.82, 2.24) is 0 Å². The second kappa shape index (κ2) is 13.5. The molecule has 0 aliphatic heterocycles. The van der Waals surface area contributed by atoms with Gasteiger partial charge in [-0.3, -0.25) is 0 Å². The van der Waals surface area contributed by atoms with E-state index in [1.165, 1.54) is 0 Å². The second-order valence-electron chi connectivity index (χ2n) is 6.50. The molecular formula is C18H20Br6O4. The second-order valence-corrected chi connectivity index (χ2v) is 9.86. The van der Waals surface area contributed by atoms with Gasteiger partial charge in [-0.2, -0.15) is 0 Å². The number of esters is 2. The predicted molar refractivity (Wildman–Crippen MR) is 135 cm³/mol. The van der Waals surface area contributed by atoms with Crippen molar-refractivity contribution in [3.05, 3.63) is 35.4 Å². The summed E-state index contributed by atoms with van der Waals surface area (Å²) in [4.78, 5) is 25.3. The number of rotatable bonds is 12. The summed E-state index contributed by atoms with van der Waals surface area (Å²) in [5.74, 6) is -1.10. The molecule has 0 amide bonds. The summed E-state index contributed by atoms with van der Waals surface area (Å²) in [7, 11) is 0. The lowest BCUT2D eigenvalue weighted by atomic mass is 9.98. The van der Waals surface area contributed by atoms with Gasteiger partial charge in [-0.1, -0.05) is 108 Å². The third-order valence-corrected chi connectivity index (χ3v) is 11.2. The predicted octanol–water partition coefficient (Wildman–Crippen LogP) is 6.34. The summed E-state index contributed by atoms with van der Waals surface area (Å²) in [6, 6.07) is 6.53. The van der Waals surface area contributed by atoms with Crippen molar-refractivity contribution in [3.8, 4) is 0 Å². The van der Waals surface area contributed by atoms with Crippen LogP contribution in [0.4, 0.5) is 0 Å². The summed E-state index contributed by atoms with van der Waals surface area (Å²) in [5.41, 5.74) is -0.150. The maximum atomic E-state index is 12.6. The lowest BCUT2D eigenvalue weighted by molar-refractivity contribution is 0.0343. The molecule has 0 atom stereocenters. The molecule has 0 saturated heterocycles. The lowest BCUT2D eigenvalue weighted by Gasteiger charge is -2.27. The molecule has 158 valence electrons. The third kappa shape index (κ3) is 7.32. The van der Waals surface area contributed by atoms with Gasteiger partial charge in [0.1, 0.15) is 0 Å². The highest BCUT2D eigenvalue weighted by molar-refractivity contribution is 9.10. The molecule has 0 bridgehead atoms. The van der Waals surface area contributed by atoms with Crippen molar-refractivity contribution in [2.24, 2.45) is 10.8 Å². The number of benzene rings is 1. The zero-order chi connectivity index (χ0) is 21.2. The Hall–Kier alpha value is 1.04. The van der Waals surface area contributed by atoms with E-state index in [1.54, 1.807) is 24.3 Å². The number of hydrogen-bond acceptors (Lipinski definition) is 4. The van der Waals surface area contributed by atoms with Crippen LogP contribution >= 0.6 is 95.6 Å². The van der Waals surface area contributed by atoms with Crippen LogP contribution in [0.25, 0.3) is 0 Å². The smallest absolute Gasteiger partial charge is 0.339 e. The molecule has 1 aromatic rings. The maximum Gasteiger partial charge on any atom is 0.339 e. The van der Waals surface area contributed by atoms with Gasteiger partial charge in [0.15, 0.2) is 0 Å². The van der Waals surface area contributed by atoms with Gasteiger partial charge in [0.25, 0.3) is 0 Å². The zero-order valence-electron chi connectivity index (χ0n) is 14.9. The standard InChI is InChI=1S/C18H20Br6O4/c19-5-17(6-20,7-21)11-27-15(25)13-3-1-2-4-14(13)16(26)28-12-18(8-22,9-23)10-24/h1-4H,5-12H2. The highest BCUT2D eigenvalue weighted by Crippen LogP contribution is 2.28. The maximum absolute atomic E-state index is 12.6. The van der Waals surface area contributed by atoms with Crippen LogP contribution in [0.15, 0.2) is 24.3 Å². The normalized spacial score (nSPS) is 11.9. The van der Waals surface area contributed by atoms with Crippen LogP contribution in [0.1, 0.15) is 20.7 Å². The van der Waals surface area contributed by atoms with E-state index in [0.717, 1.165) is 0 Å². The van der Waals surface area contributed by atoms with Crippen LogP contribution in [0.3, 0.4) is 0 Å². The van der Waals surface area contributed by atoms with Gasteiger partial charge in [0.2, 0.25) is 0 Å². The first kappa shape index (κ1) is 27.1. The summed E-state index contributed by atoms with van der Waals surface area (Å²) in [6.45, 7) is 0.410. The summed E-state index contributed by atoms with van der Waals surface area (Å²) < 4.78 is 11.0. The molecule has 1 rings (SSSR count). The van der Waals surface area contributed by atoms with E-state index >= 15 is 0 Å². The minimum absolute atomic E-state index is 0.197. The molecule has 0 spiro atoms. The lowest BCUT2D eigenvalue weighted by Crippen LogP contribution is -2.34. The Bertz CT molecular complexity index is 575. The number of alkyl halides is 6. The Balaban J connectivity index is 2.92. The molecule has 10 heteroatoms. The monoisotopic (exact) mass is 774 g/mol. The number of carbonyl (C=O) groups is 2. The molecular weight excluding hydrogens is 760 g/mol. The van der Waals surface area contributed by atoms with E-state index < -0.39 is 11.9 Å². The highest BCUT2D eigenvalue weighted by Gasteiger charge is 2.31. The SMILES string of the molecule is O=C(OCC(CBr)(CBr)CBr)c1ccccc1C(=O)OCC(CBr)(CBr)CBr. The van der Waals surface area contributed by atoms with Crippen LogP contribution in [0.5, 0.6) is 0 Å². The van der Waals surface area contributed by atoms with Gasteiger partial charge in [-0.05, 0) is 12.1 Å². The molecule has 28 heavy (non-hydrogen) atoms. The van der Waals surface area contributed by atoms with Gasteiger partial charge in [0, 0.05) is 42.8 Å². The summed E-state index contributed by atoms with van der Waals surface area (Å²) in [5, 5.41) is 3.92. The van der Waals surface area contributed by atoms with E-state index in [2.05, 4.69) is 95.6 Å². The molecule has 0 heterocycles. The minimum atomic E-state index is -0.549. The first-order chi connectivity index (χ1) is 13.4. The average Bonchev–Trinajstić information content (AvgIpc) is 2.76. The molecule has 0 aromatic heterocycles. The summed E-state index contributed by atoms with van der Waals surface area (Å²) in [6.07, 6.45) is 0. The number of hydrogen-bond donors (Lipinski definition) is 0. The van der Waals surface area contributed by atoms with Crippen LogP contribution in [-0.2, 0) is 9.47 Å². The van der Waals surface area contributed by atoms with Crippen molar-refractivity contribution in [2.75, 3.05) is 45.2 Å². The fourth-order valence-electron chi connectivity index (χ4n) is 1.88. The average molecular weight is 780 g/mol. The first-order valence-electron chi connectivity index (χ1n) is 8.15. The van der Waals surface area contributed by atoms with Crippen molar-refractivity contribution in [1.29, 1.82) is 0 Å².